The molecule has 8 heteroatoms. The molecule has 4 rings (SSSR count). The lowest BCUT2D eigenvalue weighted by Gasteiger charge is -2.14. The Bertz CT molecular complexity index is 814. The maximum absolute atomic E-state index is 10.9. The smallest absolute Gasteiger partial charge is 0.407 e. The number of thioether (sulfide) groups is 1. The number of hydrogen-bond acceptors (Lipinski definition) is 6. The number of carbonyl (C=O) groups is 2. The first-order chi connectivity index (χ1) is 13.2. The Labute approximate surface area is 161 Å². The topological polar surface area (TPSA) is 85.9 Å². The summed E-state index contributed by atoms with van der Waals surface area (Å²) in [6, 6.07) is 15.2. The van der Waals surface area contributed by atoms with Crippen LogP contribution in [-0.2, 0) is 9.53 Å². The molecule has 0 bridgehead atoms. The number of ether oxygens (including phenoxy) is 3. The number of anilines is 1. The zero-order chi connectivity index (χ0) is 19.1. The van der Waals surface area contributed by atoms with E-state index < -0.39 is 6.09 Å². The lowest BCUT2D eigenvalue weighted by atomic mass is 10.3. The SMILES string of the molecule is COc1ccccc1OCC1CNC(=O)O1.O=C1CSc2ccccc2N1. The monoisotopic (exact) mass is 388 g/mol. The predicted molar refractivity (Wildman–Crippen MR) is 103 cm³/mol. The van der Waals surface area contributed by atoms with Crippen LogP contribution in [-0.4, -0.2) is 44.1 Å². The number of cyclic esters (lactones) is 1. The van der Waals surface area contributed by atoms with Gasteiger partial charge in [-0.2, -0.15) is 0 Å². The Kier molecular flexibility index (Phi) is 6.43. The third-order valence-corrected chi connectivity index (χ3v) is 4.84. The predicted octanol–water partition coefficient (Wildman–Crippen LogP) is 2.91. The van der Waals surface area contributed by atoms with E-state index in [9.17, 15) is 9.59 Å². The molecule has 2 N–H and O–H groups in total. The maximum atomic E-state index is 10.9. The minimum absolute atomic E-state index is 0.0914. The summed E-state index contributed by atoms with van der Waals surface area (Å²) in [5.74, 6) is 1.94. The number of rotatable bonds is 4. The third-order valence-electron chi connectivity index (χ3n) is 3.76. The summed E-state index contributed by atoms with van der Waals surface area (Å²) in [7, 11) is 1.58. The average Bonchev–Trinajstić information content (AvgIpc) is 3.12. The van der Waals surface area contributed by atoms with E-state index in [1.54, 1.807) is 18.9 Å². The second-order valence-electron chi connectivity index (χ2n) is 5.70. The molecule has 142 valence electrons. The maximum Gasteiger partial charge on any atom is 0.407 e. The zero-order valence-electron chi connectivity index (χ0n) is 14.8. The van der Waals surface area contributed by atoms with Crippen molar-refractivity contribution in [2.75, 3.05) is 31.3 Å². The minimum atomic E-state index is -0.395. The molecule has 2 amide bonds. The third kappa shape index (κ3) is 5.30. The normalized spacial score (nSPS) is 17.4. The van der Waals surface area contributed by atoms with Crippen LogP contribution >= 0.6 is 11.8 Å². The van der Waals surface area contributed by atoms with Crippen molar-refractivity contribution in [3.63, 3.8) is 0 Å². The van der Waals surface area contributed by atoms with Gasteiger partial charge >= 0.3 is 6.09 Å². The van der Waals surface area contributed by atoms with Crippen molar-refractivity contribution in [3.05, 3.63) is 48.5 Å². The quantitative estimate of drug-likeness (QED) is 0.838. The van der Waals surface area contributed by atoms with Crippen LogP contribution in [0.3, 0.4) is 0 Å². The first-order valence-corrected chi connectivity index (χ1v) is 9.36. The van der Waals surface area contributed by atoms with Crippen LogP contribution in [0, 0.1) is 0 Å². The molecule has 0 saturated carbocycles. The Morgan fingerprint density at radius 3 is 2.59 bits per heavy atom. The van der Waals surface area contributed by atoms with Crippen LogP contribution in [0.4, 0.5) is 10.5 Å². The van der Waals surface area contributed by atoms with E-state index in [1.165, 1.54) is 0 Å². The van der Waals surface area contributed by atoms with Gasteiger partial charge in [-0.15, -0.1) is 11.8 Å². The van der Waals surface area contributed by atoms with Crippen molar-refractivity contribution in [2.24, 2.45) is 0 Å². The Hall–Kier alpha value is -2.87. The summed E-state index contributed by atoms with van der Waals surface area (Å²) in [4.78, 5) is 22.8. The summed E-state index contributed by atoms with van der Waals surface area (Å²) < 4.78 is 15.6. The van der Waals surface area contributed by atoms with Crippen molar-refractivity contribution in [1.82, 2.24) is 5.32 Å². The fourth-order valence-electron chi connectivity index (χ4n) is 2.47. The summed E-state index contributed by atoms with van der Waals surface area (Å²) in [6.45, 7) is 0.799. The molecule has 7 nitrogen and oxygen atoms in total. The molecule has 1 saturated heterocycles. The highest BCUT2D eigenvalue weighted by atomic mass is 32.2. The Morgan fingerprint density at radius 2 is 1.85 bits per heavy atom. The number of para-hydroxylation sites is 3. The van der Waals surface area contributed by atoms with Crippen molar-refractivity contribution >= 4 is 29.4 Å². The van der Waals surface area contributed by atoms with Crippen LogP contribution in [0.1, 0.15) is 0 Å². The van der Waals surface area contributed by atoms with Gasteiger partial charge in [-0.05, 0) is 24.3 Å². The molecule has 2 aliphatic rings. The van der Waals surface area contributed by atoms with E-state index in [0.717, 1.165) is 10.6 Å². The summed E-state index contributed by atoms with van der Waals surface area (Å²) in [6.07, 6.45) is -0.633. The van der Waals surface area contributed by atoms with Crippen LogP contribution in [0.5, 0.6) is 11.5 Å². The minimum Gasteiger partial charge on any atom is -0.493 e. The van der Waals surface area contributed by atoms with Crippen molar-refractivity contribution in [2.45, 2.75) is 11.0 Å². The molecule has 2 aliphatic heterocycles. The highest BCUT2D eigenvalue weighted by Crippen LogP contribution is 2.30. The van der Waals surface area contributed by atoms with Crippen molar-refractivity contribution in [3.8, 4) is 11.5 Å². The van der Waals surface area contributed by atoms with Gasteiger partial charge in [-0.1, -0.05) is 24.3 Å². The molecule has 2 aromatic carbocycles. The van der Waals surface area contributed by atoms with E-state index in [0.29, 0.717) is 30.4 Å². The van der Waals surface area contributed by atoms with Gasteiger partial charge < -0.3 is 24.8 Å². The van der Waals surface area contributed by atoms with Gasteiger partial charge in [0.2, 0.25) is 5.91 Å². The summed E-state index contributed by atoms with van der Waals surface area (Å²) >= 11 is 1.58. The van der Waals surface area contributed by atoms with Crippen LogP contribution in [0.2, 0.25) is 0 Å². The fraction of sp³-hybridized carbons (Fsp3) is 0.263. The van der Waals surface area contributed by atoms with Gasteiger partial charge in [0.1, 0.15) is 6.61 Å². The molecule has 27 heavy (non-hydrogen) atoms. The molecular weight excluding hydrogens is 368 g/mol. The fourth-order valence-corrected chi connectivity index (χ4v) is 3.28. The average molecular weight is 388 g/mol. The number of fused-ring (bicyclic) bond motifs is 1. The number of carbonyl (C=O) groups excluding carboxylic acids is 2. The Morgan fingerprint density at radius 1 is 1.11 bits per heavy atom. The Balaban J connectivity index is 0.000000166. The molecule has 1 fully saturated rings. The van der Waals surface area contributed by atoms with E-state index in [4.69, 9.17) is 14.2 Å². The van der Waals surface area contributed by atoms with Gasteiger partial charge in [0.25, 0.3) is 0 Å². The standard InChI is InChI=1S/C11H13NO4.C8H7NOS/c1-14-9-4-2-3-5-10(9)15-7-8-6-12-11(13)16-8;10-8-5-11-7-4-2-1-3-6(7)9-8/h2-5,8H,6-7H2,1H3,(H,12,13);1-4H,5H2,(H,9,10). The first kappa shape index (κ1) is 18.9. The van der Waals surface area contributed by atoms with E-state index in [-0.39, 0.29) is 12.0 Å². The number of nitrogens with one attached hydrogen (secondary N) is 2. The molecule has 2 heterocycles. The number of hydrogen-bond donors (Lipinski definition) is 2. The van der Waals surface area contributed by atoms with Crippen LogP contribution < -0.4 is 20.1 Å². The van der Waals surface area contributed by atoms with E-state index in [2.05, 4.69) is 10.6 Å². The van der Waals surface area contributed by atoms with E-state index >= 15 is 0 Å². The summed E-state index contributed by atoms with van der Waals surface area (Å²) in [5, 5.41) is 5.36. The molecule has 0 spiro atoms. The lowest BCUT2D eigenvalue weighted by Crippen LogP contribution is -2.22. The molecule has 0 aliphatic carbocycles. The number of alkyl carbamates (subject to hydrolysis) is 1. The van der Waals surface area contributed by atoms with Crippen LogP contribution in [0.25, 0.3) is 0 Å². The van der Waals surface area contributed by atoms with Gasteiger partial charge in [0.15, 0.2) is 17.6 Å². The number of benzene rings is 2. The molecule has 0 radical (unpaired) electrons. The molecular formula is C19H20N2O5S. The highest BCUT2D eigenvalue weighted by molar-refractivity contribution is 8.00. The van der Waals surface area contributed by atoms with Crippen molar-refractivity contribution < 1.29 is 23.8 Å². The summed E-state index contributed by atoms with van der Waals surface area (Å²) in [5.41, 5.74) is 0.939. The lowest BCUT2D eigenvalue weighted by molar-refractivity contribution is -0.113. The van der Waals surface area contributed by atoms with Gasteiger partial charge in [0, 0.05) is 4.90 Å². The second-order valence-corrected chi connectivity index (χ2v) is 6.72. The molecule has 1 unspecified atom stereocenters. The number of amides is 2. The number of methoxy groups -OCH3 is 1. The van der Waals surface area contributed by atoms with Gasteiger partial charge in [-0.25, -0.2) is 4.79 Å². The van der Waals surface area contributed by atoms with Crippen molar-refractivity contribution in [1.29, 1.82) is 0 Å². The van der Waals surface area contributed by atoms with Gasteiger partial charge in [-0.3, -0.25) is 4.79 Å². The van der Waals surface area contributed by atoms with Gasteiger partial charge in [0.05, 0.1) is 25.1 Å². The first-order valence-electron chi connectivity index (χ1n) is 8.37. The van der Waals surface area contributed by atoms with Crippen LogP contribution in [0.15, 0.2) is 53.4 Å². The zero-order valence-corrected chi connectivity index (χ0v) is 15.6. The van der Waals surface area contributed by atoms with E-state index in [1.807, 2.05) is 48.5 Å². The molecule has 0 aromatic heterocycles. The largest absolute Gasteiger partial charge is 0.493 e. The molecule has 1 atom stereocenters. The molecule has 2 aromatic rings. The second kappa shape index (κ2) is 9.18. The highest BCUT2D eigenvalue weighted by Gasteiger charge is 2.23.